The Labute approximate surface area is 123 Å². The van der Waals surface area contributed by atoms with Crippen LogP contribution in [0.15, 0.2) is 23.1 Å². The molecule has 2 unspecified atom stereocenters. The zero-order valence-corrected chi connectivity index (χ0v) is 13.2. The number of nitrogen functional groups attached to an aromatic ring is 1. The molecule has 1 aliphatic heterocycles. The van der Waals surface area contributed by atoms with Crippen molar-refractivity contribution in [3.8, 4) is 5.75 Å². The second-order valence-corrected chi connectivity index (χ2v) is 7.15. The van der Waals surface area contributed by atoms with Gasteiger partial charge in [0.25, 0.3) is 0 Å². The first-order valence-electron chi connectivity index (χ1n) is 7.00. The van der Waals surface area contributed by atoms with Gasteiger partial charge in [-0.05, 0) is 51.8 Å². The second-order valence-electron chi connectivity index (χ2n) is 5.68. The molecule has 1 heterocycles. The number of anilines is 1. The lowest BCUT2D eigenvalue weighted by molar-refractivity contribution is -0.00498. The van der Waals surface area contributed by atoms with Crippen LogP contribution in [0, 0.1) is 0 Å². The maximum absolute atomic E-state index is 12.5. The van der Waals surface area contributed by atoms with Crippen molar-refractivity contribution in [3.05, 3.63) is 18.2 Å². The summed E-state index contributed by atoms with van der Waals surface area (Å²) >= 11 is 0. The van der Waals surface area contributed by atoms with Crippen molar-refractivity contribution in [1.29, 1.82) is 0 Å². The van der Waals surface area contributed by atoms with Gasteiger partial charge in [0.1, 0.15) is 5.75 Å². The van der Waals surface area contributed by atoms with E-state index < -0.39 is 10.8 Å². The number of rotatable bonds is 5. The molecule has 2 rings (SSSR count). The molecule has 2 N–H and O–H groups in total. The van der Waals surface area contributed by atoms with Crippen molar-refractivity contribution in [2.75, 3.05) is 18.1 Å². The third-order valence-electron chi connectivity index (χ3n) is 3.43. The molecule has 112 valence electrons. The molecule has 1 aliphatic rings. The molecule has 0 aliphatic carbocycles. The van der Waals surface area contributed by atoms with Crippen LogP contribution in [0.3, 0.4) is 0 Å². The van der Waals surface area contributed by atoms with Crippen LogP contribution in [0.2, 0.25) is 0 Å². The van der Waals surface area contributed by atoms with E-state index in [1.807, 2.05) is 6.92 Å². The molecule has 20 heavy (non-hydrogen) atoms. The molecule has 1 fully saturated rings. The van der Waals surface area contributed by atoms with E-state index in [9.17, 15) is 4.21 Å². The number of hydrogen-bond donors (Lipinski definition) is 1. The fourth-order valence-electron chi connectivity index (χ4n) is 2.42. The molecule has 4 nitrogen and oxygen atoms in total. The molecular formula is C15H23NO3S. The van der Waals surface area contributed by atoms with Gasteiger partial charge in [0, 0.05) is 5.69 Å². The van der Waals surface area contributed by atoms with Gasteiger partial charge in [-0.3, -0.25) is 4.21 Å². The van der Waals surface area contributed by atoms with E-state index in [1.165, 1.54) is 0 Å². The quantitative estimate of drug-likeness (QED) is 0.849. The Morgan fingerprint density at radius 3 is 2.85 bits per heavy atom. The highest BCUT2D eigenvalue weighted by Crippen LogP contribution is 2.31. The minimum Gasteiger partial charge on any atom is -0.494 e. The van der Waals surface area contributed by atoms with Crippen molar-refractivity contribution in [1.82, 2.24) is 0 Å². The molecule has 0 amide bonds. The van der Waals surface area contributed by atoms with E-state index in [0.717, 1.165) is 12.8 Å². The number of benzene rings is 1. The monoisotopic (exact) mass is 297 g/mol. The van der Waals surface area contributed by atoms with Gasteiger partial charge in [-0.2, -0.15) is 0 Å². The topological polar surface area (TPSA) is 61.5 Å². The first kappa shape index (κ1) is 15.3. The van der Waals surface area contributed by atoms with Gasteiger partial charge in [0.15, 0.2) is 0 Å². The molecule has 0 radical (unpaired) electrons. The van der Waals surface area contributed by atoms with Gasteiger partial charge in [-0.25, -0.2) is 0 Å². The highest BCUT2D eigenvalue weighted by molar-refractivity contribution is 7.85. The number of ether oxygens (including phenoxy) is 2. The molecule has 0 saturated carbocycles. The van der Waals surface area contributed by atoms with E-state index in [1.54, 1.807) is 18.2 Å². The molecule has 0 bridgehead atoms. The Morgan fingerprint density at radius 2 is 2.25 bits per heavy atom. The molecule has 0 aromatic heterocycles. The van der Waals surface area contributed by atoms with Gasteiger partial charge < -0.3 is 15.2 Å². The average molecular weight is 297 g/mol. The van der Waals surface area contributed by atoms with Crippen LogP contribution < -0.4 is 10.5 Å². The summed E-state index contributed by atoms with van der Waals surface area (Å²) in [5.41, 5.74) is 6.37. The van der Waals surface area contributed by atoms with Gasteiger partial charge in [-0.1, -0.05) is 0 Å². The number of hydrogen-bond acceptors (Lipinski definition) is 4. The van der Waals surface area contributed by atoms with Gasteiger partial charge in [-0.15, -0.1) is 0 Å². The zero-order valence-electron chi connectivity index (χ0n) is 12.3. The van der Waals surface area contributed by atoms with Crippen molar-refractivity contribution >= 4 is 16.5 Å². The lowest BCUT2D eigenvalue weighted by Crippen LogP contribution is -2.23. The van der Waals surface area contributed by atoms with E-state index in [-0.39, 0.29) is 11.7 Å². The highest BCUT2D eigenvalue weighted by Gasteiger charge is 2.32. The normalized spacial score (nSPS) is 22.6. The molecule has 1 aromatic carbocycles. The summed E-state index contributed by atoms with van der Waals surface area (Å²) < 4.78 is 23.8. The third kappa shape index (κ3) is 3.73. The standard InChI is InChI=1S/C15H23NO3S/c1-4-18-11-5-6-13(16)14(9-11)20(17)10-12-7-8-15(2,3)19-12/h5-6,9,12H,4,7-8,10,16H2,1-3H3. The van der Waals surface area contributed by atoms with Crippen LogP contribution in [0.4, 0.5) is 5.69 Å². The fourth-order valence-corrected chi connectivity index (χ4v) is 3.75. The summed E-state index contributed by atoms with van der Waals surface area (Å²) in [6.07, 6.45) is 1.99. The maximum Gasteiger partial charge on any atom is 0.120 e. The second kappa shape index (κ2) is 6.14. The summed E-state index contributed by atoms with van der Waals surface area (Å²) in [6, 6.07) is 5.32. The largest absolute Gasteiger partial charge is 0.494 e. The van der Waals surface area contributed by atoms with E-state index >= 15 is 0 Å². The summed E-state index contributed by atoms with van der Waals surface area (Å²) in [5.74, 6) is 1.20. The first-order chi connectivity index (χ1) is 9.41. The number of nitrogens with two attached hydrogens (primary N) is 1. The van der Waals surface area contributed by atoms with Crippen molar-refractivity contribution in [3.63, 3.8) is 0 Å². The first-order valence-corrected chi connectivity index (χ1v) is 8.31. The highest BCUT2D eigenvalue weighted by atomic mass is 32.2. The Hall–Kier alpha value is -1.07. The van der Waals surface area contributed by atoms with Crippen LogP contribution in [-0.4, -0.2) is 28.3 Å². The summed E-state index contributed by atoms with van der Waals surface area (Å²) in [7, 11) is -1.16. The van der Waals surface area contributed by atoms with E-state index in [0.29, 0.717) is 28.7 Å². The van der Waals surface area contributed by atoms with Crippen LogP contribution in [0.25, 0.3) is 0 Å². The molecule has 5 heteroatoms. The Bertz CT molecular complexity index is 502. The molecular weight excluding hydrogens is 274 g/mol. The van der Waals surface area contributed by atoms with Crippen molar-refractivity contribution < 1.29 is 13.7 Å². The fraction of sp³-hybridized carbons (Fsp3) is 0.600. The van der Waals surface area contributed by atoms with Crippen molar-refractivity contribution in [2.24, 2.45) is 0 Å². The molecule has 1 aromatic rings. The molecule has 2 atom stereocenters. The Kier molecular flexibility index (Phi) is 4.70. The predicted octanol–water partition coefficient (Wildman–Crippen LogP) is 2.73. The average Bonchev–Trinajstić information content (AvgIpc) is 2.71. The van der Waals surface area contributed by atoms with Crippen molar-refractivity contribution in [2.45, 2.75) is 50.2 Å². The van der Waals surface area contributed by atoms with E-state index in [4.69, 9.17) is 15.2 Å². The van der Waals surface area contributed by atoms with Gasteiger partial charge >= 0.3 is 0 Å². The summed E-state index contributed by atoms with van der Waals surface area (Å²) in [4.78, 5) is 0.643. The Morgan fingerprint density at radius 1 is 1.50 bits per heavy atom. The summed E-state index contributed by atoms with van der Waals surface area (Å²) in [6.45, 7) is 6.64. The predicted molar refractivity (Wildman–Crippen MR) is 81.5 cm³/mol. The molecule has 1 saturated heterocycles. The van der Waals surface area contributed by atoms with E-state index in [2.05, 4.69) is 13.8 Å². The van der Waals surface area contributed by atoms with Crippen LogP contribution in [0.5, 0.6) is 5.75 Å². The SMILES string of the molecule is CCOc1ccc(N)c(S(=O)CC2CCC(C)(C)O2)c1. The summed E-state index contributed by atoms with van der Waals surface area (Å²) in [5, 5.41) is 0. The Balaban J connectivity index is 2.07. The van der Waals surface area contributed by atoms with Gasteiger partial charge in [0.05, 0.1) is 39.8 Å². The lowest BCUT2D eigenvalue weighted by atomic mass is 10.1. The van der Waals surface area contributed by atoms with Gasteiger partial charge in [0.2, 0.25) is 0 Å². The zero-order chi connectivity index (χ0) is 14.8. The minimum absolute atomic E-state index is 0.0426. The third-order valence-corrected chi connectivity index (χ3v) is 4.95. The molecule has 0 spiro atoms. The maximum atomic E-state index is 12.5. The van der Waals surface area contributed by atoms with Crippen LogP contribution in [-0.2, 0) is 15.5 Å². The lowest BCUT2D eigenvalue weighted by Gasteiger charge is -2.19. The van der Waals surface area contributed by atoms with Crippen LogP contribution in [0.1, 0.15) is 33.6 Å². The smallest absolute Gasteiger partial charge is 0.120 e. The minimum atomic E-state index is -1.16. The van der Waals surface area contributed by atoms with Crippen LogP contribution >= 0.6 is 0 Å².